The van der Waals surface area contributed by atoms with Crippen LogP contribution in [0.5, 0.6) is 0 Å². The molecule has 1 aromatic rings. The van der Waals surface area contributed by atoms with Crippen LogP contribution >= 0.6 is 0 Å². The van der Waals surface area contributed by atoms with Crippen molar-refractivity contribution >= 4 is 11.7 Å². The highest BCUT2D eigenvalue weighted by Crippen LogP contribution is 2.12. The number of methoxy groups -OCH3 is 1. The van der Waals surface area contributed by atoms with Crippen molar-refractivity contribution in [3.05, 3.63) is 39.9 Å². The Kier molecular flexibility index (Phi) is 5.35. The minimum Gasteiger partial charge on any atom is -0.449 e. The molecular formula is C12H11NO5. The van der Waals surface area contributed by atoms with E-state index in [0.29, 0.717) is 0 Å². The fourth-order valence-corrected chi connectivity index (χ4v) is 1.08. The summed E-state index contributed by atoms with van der Waals surface area (Å²) >= 11 is 0. The van der Waals surface area contributed by atoms with E-state index in [1.165, 1.54) is 31.4 Å². The smallest absolute Gasteiger partial charge is 0.339 e. The Bertz CT molecular complexity index is 483. The van der Waals surface area contributed by atoms with Crippen LogP contribution in [-0.2, 0) is 9.47 Å². The fourth-order valence-electron chi connectivity index (χ4n) is 1.08. The summed E-state index contributed by atoms with van der Waals surface area (Å²) in [6.07, 6.45) is 0. The zero-order chi connectivity index (χ0) is 13.4. The minimum atomic E-state index is -0.573. The maximum atomic E-state index is 11.5. The van der Waals surface area contributed by atoms with E-state index in [0.717, 1.165) is 0 Å². The van der Waals surface area contributed by atoms with Gasteiger partial charge in [0.1, 0.15) is 6.61 Å². The van der Waals surface area contributed by atoms with E-state index in [-0.39, 0.29) is 24.5 Å². The van der Waals surface area contributed by atoms with Gasteiger partial charge in [-0.15, -0.1) is 0 Å². The number of hydrogen-bond acceptors (Lipinski definition) is 5. The van der Waals surface area contributed by atoms with Crippen LogP contribution in [0.4, 0.5) is 5.69 Å². The van der Waals surface area contributed by atoms with E-state index in [9.17, 15) is 14.9 Å². The molecule has 0 heterocycles. The van der Waals surface area contributed by atoms with Gasteiger partial charge >= 0.3 is 5.97 Å². The van der Waals surface area contributed by atoms with Crippen molar-refractivity contribution in [2.75, 3.05) is 20.3 Å². The molecule has 0 saturated heterocycles. The molecule has 6 heteroatoms. The van der Waals surface area contributed by atoms with Gasteiger partial charge in [0.25, 0.3) is 5.69 Å². The Morgan fingerprint density at radius 3 is 2.44 bits per heavy atom. The lowest BCUT2D eigenvalue weighted by molar-refractivity contribution is -0.384. The Morgan fingerprint density at radius 1 is 1.28 bits per heavy atom. The summed E-state index contributed by atoms with van der Waals surface area (Å²) in [5, 5.41) is 10.4. The van der Waals surface area contributed by atoms with Crippen LogP contribution in [0.1, 0.15) is 10.4 Å². The lowest BCUT2D eigenvalue weighted by Gasteiger charge is -2.00. The van der Waals surface area contributed by atoms with Crippen molar-refractivity contribution in [3.63, 3.8) is 0 Å². The first kappa shape index (κ1) is 13.7. The number of carbonyl (C=O) groups is 1. The molecule has 0 fully saturated rings. The Morgan fingerprint density at radius 2 is 1.89 bits per heavy atom. The van der Waals surface area contributed by atoms with Gasteiger partial charge < -0.3 is 9.47 Å². The Hall–Kier alpha value is -2.39. The molecular weight excluding hydrogens is 238 g/mol. The molecule has 6 nitrogen and oxygen atoms in total. The first-order chi connectivity index (χ1) is 8.65. The largest absolute Gasteiger partial charge is 0.449 e. The van der Waals surface area contributed by atoms with E-state index in [4.69, 9.17) is 9.47 Å². The van der Waals surface area contributed by atoms with E-state index < -0.39 is 10.9 Å². The monoisotopic (exact) mass is 249 g/mol. The summed E-state index contributed by atoms with van der Waals surface area (Å²) in [7, 11) is 1.51. The van der Waals surface area contributed by atoms with Gasteiger partial charge in [-0.25, -0.2) is 4.79 Å². The average molecular weight is 249 g/mol. The first-order valence-corrected chi connectivity index (χ1v) is 5.01. The van der Waals surface area contributed by atoms with Crippen molar-refractivity contribution < 1.29 is 19.2 Å². The number of benzene rings is 1. The maximum absolute atomic E-state index is 11.5. The third-order valence-corrected chi connectivity index (χ3v) is 1.93. The molecule has 0 aliphatic carbocycles. The number of hydrogen-bond donors (Lipinski definition) is 0. The molecule has 0 amide bonds. The zero-order valence-corrected chi connectivity index (χ0v) is 9.71. The average Bonchev–Trinajstić information content (AvgIpc) is 2.38. The van der Waals surface area contributed by atoms with E-state index >= 15 is 0 Å². The summed E-state index contributed by atoms with van der Waals surface area (Å²) in [5.41, 5.74) is 0.167. The van der Waals surface area contributed by atoms with E-state index in [1.807, 2.05) is 0 Å². The fraction of sp³-hybridized carbons (Fsp3) is 0.250. The van der Waals surface area contributed by atoms with Crippen LogP contribution in [-0.4, -0.2) is 31.2 Å². The molecule has 94 valence electrons. The molecule has 0 aliphatic heterocycles. The first-order valence-electron chi connectivity index (χ1n) is 5.01. The van der Waals surface area contributed by atoms with Crippen molar-refractivity contribution in [1.82, 2.24) is 0 Å². The van der Waals surface area contributed by atoms with Gasteiger partial charge in [-0.1, -0.05) is 11.8 Å². The van der Waals surface area contributed by atoms with Crippen LogP contribution in [0, 0.1) is 22.0 Å². The maximum Gasteiger partial charge on any atom is 0.339 e. The molecule has 0 aliphatic rings. The van der Waals surface area contributed by atoms with Gasteiger partial charge in [0.2, 0.25) is 0 Å². The summed E-state index contributed by atoms with van der Waals surface area (Å²) < 4.78 is 9.53. The van der Waals surface area contributed by atoms with Crippen molar-refractivity contribution in [2.45, 2.75) is 0 Å². The molecule has 1 aromatic carbocycles. The highest BCUT2D eigenvalue weighted by molar-refractivity contribution is 5.89. The van der Waals surface area contributed by atoms with Crippen molar-refractivity contribution in [3.8, 4) is 11.8 Å². The molecule has 1 rings (SSSR count). The second kappa shape index (κ2) is 7.04. The number of nitro groups is 1. The predicted molar refractivity (Wildman–Crippen MR) is 63.0 cm³/mol. The van der Waals surface area contributed by atoms with E-state index in [1.54, 1.807) is 0 Å². The quantitative estimate of drug-likeness (QED) is 0.349. The number of esters is 1. The van der Waals surface area contributed by atoms with Gasteiger partial charge in [-0.2, -0.15) is 0 Å². The normalized spacial score (nSPS) is 9.17. The second-order valence-corrected chi connectivity index (χ2v) is 3.17. The van der Waals surface area contributed by atoms with Gasteiger partial charge in [0.15, 0.2) is 6.61 Å². The summed E-state index contributed by atoms with van der Waals surface area (Å²) in [4.78, 5) is 21.3. The Balaban J connectivity index is 2.52. The van der Waals surface area contributed by atoms with Crippen LogP contribution in [0.2, 0.25) is 0 Å². The molecule has 0 saturated carbocycles. The molecule has 0 aromatic heterocycles. The number of carbonyl (C=O) groups excluding carboxylic acids is 1. The number of ether oxygens (including phenoxy) is 2. The third kappa shape index (κ3) is 4.23. The topological polar surface area (TPSA) is 78.7 Å². The van der Waals surface area contributed by atoms with Crippen LogP contribution in [0.3, 0.4) is 0 Å². The highest BCUT2D eigenvalue weighted by Gasteiger charge is 2.09. The van der Waals surface area contributed by atoms with Crippen LogP contribution in [0.25, 0.3) is 0 Å². The number of non-ortho nitro benzene ring substituents is 1. The number of rotatable bonds is 4. The SMILES string of the molecule is COCC#CCOC(=O)c1ccc([N+](=O)[O-])cc1. The van der Waals surface area contributed by atoms with E-state index in [2.05, 4.69) is 11.8 Å². The zero-order valence-electron chi connectivity index (χ0n) is 9.71. The molecule has 0 bridgehead atoms. The standard InChI is InChI=1S/C12H11NO5/c1-17-8-2-3-9-18-12(14)10-4-6-11(7-5-10)13(15)16/h4-7H,8-9H2,1H3. The highest BCUT2D eigenvalue weighted by atomic mass is 16.6. The predicted octanol–water partition coefficient (Wildman–Crippen LogP) is 1.40. The molecule has 0 radical (unpaired) electrons. The lowest BCUT2D eigenvalue weighted by Crippen LogP contribution is -2.05. The van der Waals surface area contributed by atoms with Crippen LogP contribution < -0.4 is 0 Å². The van der Waals surface area contributed by atoms with Crippen molar-refractivity contribution in [2.24, 2.45) is 0 Å². The minimum absolute atomic E-state index is 0.0425. The van der Waals surface area contributed by atoms with Gasteiger partial charge in [-0.3, -0.25) is 10.1 Å². The number of nitro benzene ring substituents is 1. The summed E-state index contributed by atoms with van der Waals surface area (Å²) in [5.74, 6) is 4.64. The summed E-state index contributed by atoms with van der Waals surface area (Å²) in [6.45, 7) is 0.230. The third-order valence-electron chi connectivity index (χ3n) is 1.93. The molecule has 18 heavy (non-hydrogen) atoms. The lowest BCUT2D eigenvalue weighted by atomic mass is 10.2. The van der Waals surface area contributed by atoms with Crippen LogP contribution in [0.15, 0.2) is 24.3 Å². The second-order valence-electron chi connectivity index (χ2n) is 3.17. The van der Waals surface area contributed by atoms with Crippen molar-refractivity contribution in [1.29, 1.82) is 0 Å². The summed E-state index contributed by atoms with van der Waals surface area (Å²) in [6, 6.07) is 5.16. The van der Waals surface area contributed by atoms with Gasteiger partial charge in [0, 0.05) is 19.2 Å². The Labute approximate surface area is 104 Å². The van der Waals surface area contributed by atoms with Gasteiger partial charge in [0.05, 0.1) is 10.5 Å². The van der Waals surface area contributed by atoms with Gasteiger partial charge in [-0.05, 0) is 12.1 Å². The molecule has 0 atom stereocenters. The molecule has 0 unspecified atom stereocenters. The molecule has 0 N–H and O–H groups in total. The molecule has 0 spiro atoms. The number of nitrogens with zero attached hydrogens (tertiary/aromatic N) is 1.